The summed E-state index contributed by atoms with van der Waals surface area (Å²) in [4.78, 5) is 14.2. The van der Waals surface area contributed by atoms with E-state index in [1.165, 1.54) is 11.8 Å². The first-order chi connectivity index (χ1) is 7.24. The number of nitrogens with one attached hydrogen (secondary N) is 1. The number of aromatic nitrogens is 1. The van der Waals surface area contributed by atoms with Crippen molar-refractivity contribution in [2.24, 2.45) is 0 Å². The fourth-order valence-corrected chi connectivity index (χ4v) is 2.12. The largest absolute Gasteiger partial charge is 0.497 e. The molecule has 0 fully saturated rings. The zero-order valence-electron chi connectivity index (χ0n) is 8.53. The Hall–Kier alpha value is -1.42. The molecule has 1 heterocycles. The summed E-state index contributed by atoms with van der Waals surface area (Å²) in [6, 6.07) is 7.29. The molecule has 0 aliphatic rings. The first kappa shape index (κ1) is 10.1. The number of hydrogen-bond acceptors (Lipinski definition) is 3. The molecule has 0 aliphatic heterocycles. The number of aromatic amines is 1. The number of methoxy groups -OCH3 is 1. The van der Waals surface area contributed by atoms with Crippen molar-refractivity contribution < 1.29 is 4.74 Å². The van der Waals surface area contributed by atoms with E-state index in [0.717, 1.165) is 21.5 Å². The van der Waals surface area contributed by atoms with Crippen LogP contribution in [0.3, 0.4) is 0 Å². The maximum Gasteiger partial charge on any atom is 0.249 e. The summed E-state index contributed by atoms with van der Waals surface area (Å²) in [6.45, 7) is 0. The maximum absolute atomic E-state index is 11.4. The van der Waals surface area contributed by atoms with Gasteiger partial charge in [0.2, 0.25) is 5.56 Å². The van der Waals surface area contributed by atoms with E-state index in [0.29, 0.717) is 0 Å². The van der Waals surface area contributed by atoms with Crippen molar-refractivity contribution in [3.8, 4) is 5.75 Å². The third-order valence-electron chi connectivity index (χ3n) is 2.23. The smallest absolute Gasteiger partial charge is 0.249 e. The minimum atomic E-state index is -0.0832. The third kappa shape index (κ3) is 1.85. The molecule has 0 bridgehead atoms. The summed E-state index contributed by atoms with van der Waals surface area (Å²) < 4.78 is 5.12. The Bertz CT molecular complexity index is 548. The molecule has 0 atom stereocenters. The molecule has 0 unspecified atom stereocenters. The molecule has 1 aromatic carbocycles. The number of thioether (sulfide) groups is 1. The number of ether oxygens (including phenoxy) is 1. The normalized spacial score (nSPS) is 10.5. The molecule has 78 valence electrons. The van der Waals surface area contributed by atoms with Crippen molar-refractivity contribution in [1.29, 1.82) is 0 Å². The highest BCUT2D eigenvalue weighted by Crippen LogP contribution is 2.25. The summed E-state index contributed by atoms with van der Waals surface area (Å²) in [7, 11) is 1.61. The van der Waals surface area contributed by atoms with E-state index >= 15 is 0 Å². The van der Waals surface area contributed by atoms with Gasteiger partial charge in [-0.3, -0.25) is 4.79 Å². The molecular weight excluding hydrogens is 210 g/mol. The Morgan fingerprint density at radius 1 is 1.33 bits per heavy atom. The van der Waals surface area contributed by atoms with Crippen molar-refractivity contribution in [2.75, 3.05) is 13.4 Å². The molecular formula is C11H11NO2S. The highest BCUT2D eigenvalue weighted by atomic mass is 32.2. The fraction of sp³-hybridized carbons (Fsp3) is 0.182. The van der Waals surface area contributed by atoms with Gasteiger partial charge >= 0.3 is 0 Å². The van der Waals surface area contributed by atoms with Crippen molar-refractivity contribution >= 4 is 22.5 Å². The van der Waals surface area contributed by atoms with Crippen LogP contribution >= 0.6 is 11.8 Å². The number of H-pyrrole nitrogens is 1. The number of benzene rings is 1. The second-order valence-corrected chi connectivity index (χ2v) is 3.94. The molecule has 0 radical (unpaired) electrons. The van der Waals surface area contributed by atoms with Crippen LogP contribution in [0.25, 0.3) is 10.8 Å². The van der Waals surface area contributed by atoms with Gasteiger partial charge in [0.1, 0.15) is 5.75 Å². The minimum Gasteiger partial charge on any atom is -0.497 e. The van der Waals surface area contributed by atoms with Gasteiger partial charge in [-0.05, 0) is 29.8 Å². The van der Waals surface area contributed by atoms with Gasteiger partial charge in [-0.1, -0.05) is 0 Å². The second kappa shape index (κ2) is 3.98. The van der Waals surface area contributed by atoms with E-state index in [1.807, 2.05) is 24.5 Å². The molecule has 0 aliphatic carbocycles. The second-order valence-electron chi connectivity index (χ2n) is 3.12. The minimum absolute atomic E-state index is 0.0832. The molecule has 0 saturated heterocycles. The molecule has 15 heavy (non-hydrogen) atoms. The van der Waals surface area contributed by atoms with E-state index in [4.69, 9.17) is 4.74 Å². The van der Waals surface area contributed by atoms with Gasteiger partial charge in [0.05, 0.1) is 12.1 Å². The van der Waals surface area contributed by atoms with Gasteiger partial charge < -0.3 is 9.72 Å². The predicted molar refractivity (Wildman–Crippen MR) is 62.9 cm³/mol. The number of hydrogen-bond donors (Lipinski definition) is 1. The van der Waals surface area contributed by atoms with E-state index in [2.05, 4.69) is 4.98 Å². The third-order valence-corrected chi connectivity index (χ3v) is 2.96. The summed E-state index contributed by atoms with van der Waals surface area (Å²) in [6.07, 6.45) is 1.94. The lowest BCUT2D eigenvalue weighted by Crippen LogP contribution is -2.04. The van der Waals surface area contributed by atoms with Gasteiger partial charge in [-0.2, -0.15) is 0 Å². The van der Waals surface area contributed by atoms with Crippen LogP contribution in [0.4, 0.5) is 0 Å². The Labute approximate surface area is 91.5 Å². The lowest BCUT2D eigenvalue weighted by molar-refractivity contribution is 0.415. The average molecular weight is 221 g/mol. The summed E-state index contributed by atoms with van der Waals surface area (Å²) >= 11 is 1.53. The maximum atomic E-state index is 11.4. The molecule has 3 nitrogen and oxygen atoms in total. The molecule has 2 rings (SSSR count). The van der Waals surface area contributed by atoms with E-state index < -0.39 is 0 Å². The quantitative estimate of drug-likeness (QED) is 0.791. The van der Waals surface area contributed by atoms with E-state index in [9.17, 15) is 4.79 Å². The molecule has 0 spiro atoms. The zero-order chi connectivity index (χ0) is 10.8. The summed E-state index contributed by atoms with van der Waals surface area (Å²) in [5.41, 5.74) is -0.0832. The van der Waals surface area contributed by atoms with Crippen LogP contribution in [-0.2, 0) is 0 Å². The fourth-order valence-electron chi connectivity index (χ4n) is 1.51. The monoisotopic (exact) mass is 221 g/mol. The van der Waals surface area contributed by atoms with Gasteiger partial charge in [-0.25, -0.2) is 0 Å². The zero-order valence-corrected chi connectivity index (χ0v) is 9.35. The van der Waals surface area contributed by atoms with Gasteiger partial charge in [-0.15, -0.1) is 11.8 Å². The molecule has 1 aromatic heterocycles. The van der Waals surface area contributed by atoms with Crippen LogP contribution in [0, 0.1) is 0 Å². The average Bonchev–Trinajstić information content (AvgIpc) is 2.26. The van der Waals surface area contributed by atoms with Crippen LogP contribution in [0.2, 0.25) is 0 Å². The number of rotatable bonds is 2. The first-order valence-electron chi connectivity index (χ1n) is 4.49. The van der Waals surface area contributed by atoms with Gasteiger partial charge in [0.15, 0.2) is 0 Å². The SMILES string of the molecule is COc1ccc2c(SC)[nH]c(=O)cc2c1. The Morgan fingerprint density at radius 3 is 2.80 bits per heavy atom. The molecule has 0 saturated carbocycles. The standard InChI is InChI=1S/C11H11NO2S/c1-14-8-3-4-9-7(5-8)6-10(13)12-11(9)15-2/h3-6H,1-2H3,(H,12,13). The highest BCUT2D eigenvalue weighted by molar-refractivity contribution is 7.98. The Kier molecular flexibility index (Phi) is 2.68. The lowest BCUT2D eigenvalue weighted by atomic mass is 10.2. The van der Waals surface area contributed by atoms with Crippen LogP contribution in [0.1, 0.15) is 0 Å². The summed E-state index contributed by atoms with van der Waals surface area (Å²) in [5.74, 6) is 0.764. The molecule has 4 heteroatoms. The highest BCUT2D eigenvalue weighted by Gasteiger charge is 2.03. The molecule has 0 amide bonds. The van der Waals surface area contributed by atoms with E-state index in [1.54, 1.807) is 13.2 Å². The van der Waals surface area contributed by atoms with Crippen molar-refractivity contribution in [3.05, 3.63) is 34.6 Å². The first-order valence-corrected chi connectivity index (χ1v) is 5.72. The van der Waals surface area contributed by atoms with Crippen molar-refractivity contribution in [1.82, 2.24) is 4.98 Å². The lowest BCUT2D eigenvalue weighted by Gasteiger charge is -2.05. The van der Waals surface area contributed by atoms with Gasteiger partial charge in [0, 0.05) is 11.5 Å². The van der Waals surface area contributed by atoms with Crippen molar-refractivity contribution in [2.45, 2.75) is 5.03 Å². The molecule has 2 aromatic rings. The number of fused-ring (bicyclic) bond motifs is 1. The number of pyridine rings is 1. The van der Waals surface area contributed by atoms with Crippen LogP contribution in [-0.4, -0.2) is 18.3 Å². The van der Waals surface area contributed by atoms with E-state index in [-0.39, 0.29) is 5.56 Å². The predicted octanol–water partition coefficient (Wildman–Crippen LogP) is 2.26. The van der Waals surface area contributed by atoms with Crippen LogP contribution in [0.15, 0.2) is 34.1 Å². The van der Waals surface area contributed by atoms with Crippen LogP contribution in [0.5, 0.6) is 5.75 Å². The Morgan fingerprint density at radius 2 is 2.13 bits per heavy atom. The summed E-state index contributed by atoms with van der Waals surface area (Å²) in [5, 5.41) is 2.84. The Balaban J connectivity index is 2.78. The van der Waals surface area contributed by atoms with Crippen molar-refractivity contribution in [3.63, 3.8) is 0 Å². The topological polar surface area (TPSA) is 42.1 Å². The molecule has 1 N–H and O–H groups in total. The van der Waals surface area contributed by atoms with Crippen LogP contribution < -0.4 is 10.3 Å². The van der Waals surface area contributed by atoms with Gasteiger partial charge in [0.25, 0.3) is 0 Å².